The summed E-state index contributed by atoms with van der Waals surface area (Å²) in [6, 6.07) is 7.54. The molecule has 0 amide bonds. The zero-order chi connectivity index (χ0) is 15.6. The van der Waals surface area contributed by atoms with Gasteiger partial charge in [-0.05, 0) is 53.2 Å². The first kappa shape index (κ1) is 16.4. The van der Waals surface area contributed by atoms with Gasteiger partial charge < -0.3 is 9.84 Å². The topological polar surface area (TPSA) is 29.5 Å². The van der Waals surface area contributed by atoms with Crippen molar-refractivity contribution in [3.63, 3.8) is 0 Å². The first-order valence-electron chi connectivity index (χ1n) is 6.13. The van der Waals surface area contributed by atoms with Crippen LogP contribution in [0.15, 0.2) is 39.3 Å². The second-order valence-electron chi connectivity index (χ2n) is 4.47. The maximum absolute atomic E-state index is 13.9. The molecule has 0 spiro atoms. The van der Waals surface area contributed by atoms with E-state index in [9.17, 15) is 13.9 Å². The molecule has 0 fully saturated rings. The van der Waals surface area contributed by atoms with Gasteiger partial charge in [0, 0.05) is 10.0 Å². The lowest BCUT2D eigenvalue weighted by Gasteiger charge is -2.15. The summed E-state index contributed by atoms with van der Waals surface area (Å²) < 4.78 is 34.0. The molecule has 0 aliphatic heterocycles. The van der Waals surface area contributed by atoms with Crippen LogP contribution in [0.5, 0.6) is 5.75 Å². The molecule has 0 aromatic heterocycles. The molecule has 0 unspecified atom stereocenters. The van der Waals surface area contributed by atoms with Crippen LogP contribution >= 0.6 is 31.9 Å². The van der Waals surface area contributed by atoms with E-state index < -0.39 is 17.7 Å². The van der Waals surface area contributed by atoms with E-state index in [0.29, 0.717) is 11.3 Å². The molecular formula is C15H12Br2F2O2. The highest BCUT2D eigenvalue weighted by molar-refractivity contribution is 9.10. The van der Waals surface area contributed by atoms with Gasteiger partial charge in [-0.3, -0.25) is 0 Å². The lowest BCUT2D eigenvalue weighted by Crippen LogP contribution is -2.05. The lowest BCUT2D eigenvalue weighted by atomic mass is 10.1. The second-order valence-corrected chi connectivity index (χ2v) is 6.24. The molecular weight excluding hydrogens is 410 g/mol. The molecule has 2 rings (SSSR count). The van der Waals surface area contributed by atoms with Crippen LogP contribution in [0.4, 0.5) is 8.78 Å². The van der Waals surface area contributed by atoms with Crippen LogP contribution in [0.2, 0.25) is 0 Å². The number of rotatable bonds is 4. The maximum Gasteiger partial charge on any atom is 0.146 e. The molecule has 6 heteroatoms. The van der Waals surface area contributed by atoms with Crippen molar-refractivity contribution in [2.24, 2.45) is 0 Å². The highest BCUT2D eigenvalue weighted by Crippen LogP contribution is 2.30. The number of aliphatic hydroxyl groups is 1. The quantitative estimate of drug-likeness (QED) is 0.694. The molecule has 21 heavy (non-hydrogen) atoms. The van der Waals surface area contributed by atoms with Crippen molar-refractivity contribution in [1.29, 1.82) is 0 Å². The van der Waals surface area contributed by atoms with Gasteiger partial charge in [-0.25, -0.2) is 8.78 Å². The summed E-state index contributed by atoms with van der Waals surface area (Å²) in [6.45, 7) is 1.33. The molecule has 0 radical (unpaired) electrons. The molecule has 2 nitrogen and oxygen atoms in total. The molecule has 0 heterocycles. The third-order valence-corrected chi connectivity index (χ3v) is 4.04. The Balaban J connectivity index is 2.27. The van der Waals surface area contributed by atoms with Crippen molar-refractivity contribution < 1.29 is 18.6 Å². The Hall–Kier alpha value is -0.980. The zero-order valence-electron chi connectivity index (χ0n) is 11.0. The van der Waals surface area contributed by atoms with Gasteiger partial charge in [0.25, 0.3) is 0 Å². The van der Waals surface area contributed by atoms with Crippen molar-refractivity contribution in [3.05, 3.63) is 62.0 Å². The Morgan fingerprint density at radius 3 is 2.57 bits per heavy atom. The van der Waals surface area contributed by atoms with Crippen LogP contribution in [0, 0.1) is 11.6 Å². The monoisotopic (exact) mass is 420 g/mol. The summed E-state index contributed by atoms with van der Waals surface area (Å²) in [5, 5.41) is 9.72. The van der Waals surface area contributed by atoms with Crippen molar-refractivity contribution in [2.45, 2.75) is 19.6 Å². The minimum atomic E-state index is -0.755. The second kappa shape index (κ2) is 6.85. The molecule has 112 valence electrons. The van der Waals surface area contributed by atoms with Crippen LogP contribution in [0.1, 0.15) is 24.2 Å². The van der Waals surface area contributed by atoms with Gasteiger partial charge in [-0.2, -0.15) is 0 Å². The predicted molar refractivity (Wildman–Crippen MR) is 83.2 cm³/mol. The van der Waals surface area contributed by atoms with Gasteiger partial charge in [0.15, 0.2) is 0 Å². The molecule has 0 saturated heterocycles. The molecule has 2 aromatic carbocycles. The fraction of sp³-hybridized carbons (Fsp3) is 0.200. The lowest BCUT2D eigenvalue weighted by molar-refractivity contribution is 0.189. The average molecular weight is 422 g/mol. The largest absolute Gasteiger partial charge is 0.488 e. The van der Waals surface area contributed by atoms with Crippen molar-refractivity contribution in [1.82, 2.24) is 0 Å². The third-order valence-electron chi connectivity index (χ3n) is 2.93. The van der Waals surface area contributed by atoms with Crippen LogP contribution in [-0.4, -0.2) is 5.11 Å². The van der Waals surface area contributed by atoms with Crippen molar-refractivity contribution in [3.8, 4) is 5.75 Å². The van der Waals surface area contributed by atoms with Gasteiger partial charge in [-0.1, -0.05) is 15.9 Å². The minimum Gasteiger partial charge on any atom is -0.488 e. The van der Waals surface area contributed by atoms with E-state index in [1.54, 1.807) is 25.1 Å². The average Bonchev–Trinajstić information content (AvgIpc) is 2.44. The molecule has 1 atom stereocenters. The maximum atomic E-state index is 13.9. The summed E-state index contributed by atoms with van der Waals surface area (Å²) in [4.78, 5) is 0. The fourth-order valence-electron chi connectivity index (χ4n) is 1.83. The summed E-state index contributed by atoms with van der Waals surface area (Å²) in [6.07, 6.45) is -0.755. The van der Waals surface area contributed by atoms with Gasteiger partial charge in [0.1, 0.15) is 24.0 Å². The Morgan fingerprint density at radius 1 is 1.19 bits per heavy atom. The van der Waals surface area contributed by atoms with E-state index in [4.69, 9.17) is 4.74 Å². The van der Waals surface area contributed by atoms with E-state index in [1.807, 2.05) is 0 Å². The molecule has 1 N–H and O–H groups in total. The smallest absolute Gasteiger partial charge is 0.146 e. The summed E-state index contributed by atoms with van der Waals surface area (Å²) in [5.41, 5.74) is 0.379. The highest BCUT2D eigenvalue weighted by atomic mass is 79.9. The molecule has 2 aromatic rings. The normalized spacial score (nSPS) is 12.3. The number of ether oxygens (including phenoxy) is 1. The number of aliphatic hydroxyl groups excluding tert-OH is 1. The zero-order valence-corrected chi connectivity index (χ0v) is 14.2. The van der Waals surface area contributed by atoms with E-state index >= 15 is 0 Å². The third kappa shape index (κ3) is 3.81. The summed E-state index contributed by atoms with van der Waals surface area (Å²) in [5.74, 6) is -0.982. The molecule has 0 aliphatic carbocycles. The van der Waals surface area contributed by atoms with E-state index in [2.05, 4.69) is 31.9 Å². The fourth-order valence-corrected chi connectivity index (χ4v) is 2.58. The van der Waals surface area contributed by atoms with Gasteiger partial charge in [-0.15, -0.1) is 0 Å². The number of halogens is 4. The Kier molecular flexibility index (Phi) is 5.35. The summed E-state index contributed by atoms with van der Waals surface area (Å²) >= 11 is 6.31. The highest BCUT2D eigenvalue weighted by Gasteiger charge is 2.15. The van der Waals surface area contributed by atoms with E-state index in [-0.39, 0.29) is 16.6 Å². The van der Waals surface area contributed by atoms with Gasteiger partial charge in [0.2, 0.25) is 0 Å². The molecule has 0 saturated carbocycles. The number of hydrogen-bond donors (Lipinski definition) is 1. The Labute approximate surface area is 138 Å². The standard InChI is InChI=1S/C15H12Br2F2O2/c1-8(20)10-6-9(16)2-5-14(10)21-7-11-13(18)4-3-12(17)15(11)19/h2-6,8,20H,7H2,1H3/t8-/m1/s1. The van der Waals surface area contributed by atoms with Crippen LogP contribution in [0.3, 0.4) is 0 Å². The summed E-state index contributed by atoms with van der Waals surface area (Å²) in [7, 11) is 0. The molecule has 0 bridgehead atoms. The molecule has 0 aliphatic rings. The number of benzene rings is 2. The van der Waals surface area contributed by atoms with Crippen LogP contribution < -0.4 is 4.74 Å². The Morgan fingerprint density at radius 2 is 1.90 bits per heavy atom. The van der Waals surface area contributed by atoms with E-state index in [0.717, 1.165) is 4.47 Å². The van der Waals surface area contributed by atoms with Crippen molar-refractivity contribution >= 4 is 31.9 Å². The van der Waals surface area contributed by atoms with Gasteiger partial charge >= 0.3 is 0 Å². The van der Waals surface area contributed by atoms with Crippen LogP contribution in [-0.2, 0) is 6.61 Å². The van der Waals surface area contributed by atoms with Crippen LogP contribution in [0.25, 0.3) is 0 Å². The van der Waals surface area contributed by atoms with Crippen molar-refractivity contribution in [2.75, 3.05) is 0 Å². The first-order chi connectivity index (χ1) is 9.90. The minimum absolute atomic E-state index is 0.163. The van der Waals surface area contributed by atoms with Gasteiger partial charge in [0.05, 0.1) is 16.1 Å². The number of hydrogen-bond acceptors (Lipinski definition) is 2. The Bertz CT molecular complexity index is 660. The predicted octanol–water partition coefficient (Wildman–Crippen LogP) is 5.12. The SMILES string of the molecule is C[C@@H](O)c1cc(Br)ccc1OCc1c(F)ccc(Br)c1F. The first-order valence-corrected chi connectivity index (χ1v) is 7.71. The van der Waals surface area contributed by atoms with E-state index in [1.165, 1.54) is 12.1 Å².